The number of hydrogen-bond donors (Lipinski definition) is 0. The highest BCUT2D eigenvalue weighted by Gasteiger charge is 2.55. The van der Waals surface area contributed by atoms with Gasteiger partial charge >= 0.3 is 0 Å². The van der Waals surface area contributed by atoms with Gasteiger partial charge in [0.2, 0.25) is 0 Å². The van der Waals surface area contributed by atoms with E-state index in [0.717, 1.165) is 17.8 Å². The highest BCUT2D eigenvalue weighted by atomic mass is 79.9. The second kappa shape index (κ2) is 4.48. The molecule has 4 aliphatic carbocycles. The molecule has 110 valence electrons. The van der Waals surface area contributed by atoms with Crippen LogP contribution in [0, 0.1) is 28.6 Å². The van der Waals surface area contributed by atoms with Crippen LogP contribution in [-0.2, 0) is 0 Å². The van der Waals surface area contributed by atoms with Crippen LogP contribution >= 0.6 is 15.9 Å². The molecule has 4 aliphatic rings. The van der Waals surface area contributed by atoms with Gasteiger partial charge in [-0.05, 0) is 72.6 Å². The van der Waals surface area contributed by atoms with Crippen LogP contribution in [0.2, 0.25) is 0 Å². The Morgan fingerprint density at radius 1 is 1.00 bits per heavy atom. The summed E-state index contributed by atoms with van der Waals surface area (Å²) >= 11 is 3.88. The monoisotopic (exact) mass is 334 g/mol. The summed E-state index contributed by atoms with van der Waals surface area (Å²) in [6.45, 7) is 5.12. The summed E-state index contributed by atoms with van der Waals surface area (Å²) in [5.74, 6) is 2.80. The van der Waals surface area contributed by atoms with Crippen molar-refractivity contribution in [3.63, 3.8) is 0 Å². The lowest BCUT2D eigenvalue weighted by molar-refractivity contribution is -0.0139. The minimum atomic E-state index is 0.456. The molecule has 0 amide bonds. The molecule has 0 radical (unpaired) electrons. The third-order valence-corrected chi connectivity index (χ3v) is 8.73. The van der Waals surface area contributed by atoms with Gasteiger partial charge in [0.05, 0.1) is 0 Å². The maximum atomic E-state index is 3.88. The van der Waals surface area contributed by atoms with Crippen LogP contribution in [0.25, 0.3) is 0 Å². The Labute approximate surface area is 132 Å². The van der Waals surface area contributed by atoms with Crippen molar-refractivity contribution in [3.8, 4) is 0 Å². The molecule has 0 aromatic carbocycles. The van der Waals surface area contributed by atoms with Gasteiger partial charge in [-0.25, -0.2) is 0 Å². The second-order valence-corrected chi connectivity index (χ2v) is 9.06. The first-order valence-corrected chi connectivity index (χ1v) is 9.41. The van der Waals surface area contributed by atoms with Gasteiger partial charge in [-0.3, -0.25) is 0 Å². The molecule has 4 rings (SSSR count). The van der Waals surface area contributed by atoms with Crippen molar-refractivity contribution in [2.45, 2.75) is 65.2 Å². The Kier molecular flexibility index (Phi) is 3.05. The number of fused-ring (bicyclic) bond motifs is 5. The van der Waals surface area contributed by atoms with Gasteiger partial charge in [0, 0.05) is 5.41 Å². The Bertz CT molecular complexity index is 488. The van der Waals surface area contributed by atoms with Gasteiger partial charge in [-0.2, -0.15) is 0 Å². The maximum absolute atomic E-state index is 3.88. The molecule has 5 atom stereocenters. The van der Waals surface area contributed by atoms with E-state index >= 15 is 0 Å². The van der Waals surface area contributed by atoms with Crippen LogP contribution in [0.3, 0.4) is 0 Å². The molecular formula is C19H27Br. The van der Waals surface area contributed by atoms with Crippen molar-refractivity contribution >= 4 is 15.9 Å². The van der Waals surface area contributed by atoms with Gasteiger partial charge in [-0.15, -0.1) is 0 Å². The largest absolute Gasteiger partial charge is 0.0845 e. The molecule has 1 heteroatoms. The molecule has 0 bridgehead atoms. The summed E-state index contributed by atoms with van der Waals surface area (Å²) in [4.78, 5) is 0. The molecule has 0 aliphatic heterocycles. The van der Waals surface area contributed by atoms with Gasteiger partial charge in [0.15, 0.2) is 0 Å². The lowest BCUT2D eigenvalue weighted by Gasteiger charge is -2.57. The SMILES string of the molecule is C[C@]12CCCCC1=CC[C@@H]1[C@@H]2CC[C@]2(C)C(Br)=CC[C@@H]12. The first-order valence-electron chi connectivity index (χ1n) is 8.61. The molecule has 0 N–H and O–H groups in total. The van der Waals surface area contributed by atoms with E-state index < -0.39 is 0 Å². The number of rotatable bonds is 0. The lowest BCUT2D eigenvalue weighted by atomic mass is 9.48. The summed E-state index contributed by atoms with van der Waals surface area (Å²) in [7, 11) is 0. The molecule has 2 fully saturated rings. The van der Waals surface area contributed by atoms with E-state index in [1.165, 1.54) is 55.8 Å². The zero-order valence-corrected chi connectivity index (χ0v) is 14.5. The zero-order chi connectivity index (χ0) is 14.0. The standard InChI is InChI=1S/C19H27Br/c1-18-11-4-3-5-13(18)6-7-14-15-8-9-17(20)19(15,2)12-10-16(14)18/h6,9,14-16H,3-5,7-8,10-12H2,1-2H3/t14-,15-,16-,18-,19-/m0/s1. The van der Waals surface area contributed by atoms with Crippen LogP contribution in [0.5, 0.6) is 0 Å². The average Bonchev–Trinajstić information content (AvgIpc) is 2.74. The van der Waals surface area contributed by atoms with Crippen molar-refractivity contribution in [3.05, 3.63) is 22.2 Å². The van der Waals surface area contributed by atoms with Gasteiger partial charge in [0.1, 0.15) is 0 Å². The number of allylic oxidation sites excluding steroid dienone is 4. The third-order valence-electron chi connectivity index (χ3n) is 7.50. The van der Waals surface area contributed by atoms with Gasteiger partial charge < -0.3 is 0 Å². The minimum Gasteiger partial charge on any atom is -0.0845 e. The highest BCUT2D eigenvalue weighted by molar-refractivity contribution is 9.11. The summed E-state index contributed by atoms with van der Waals surface area (Å²) in [6.07, 6.45) is 16.4. The van der Waals surface area contributed by atoms with Crippen LogP contribution in [0.15, 0.2) is 22.2 Å². The average molecular weight is 335 g/mol. The Balaban J connectivity index is 1.70. The molecule has 0 heterocycles. The Morgan fingerprint density at radius 3 is 2.70 bits per heavy atom. The zero-order valence-electron chi connectivity index (χ0n) is 12.9. The quantitative estimate of drug-likeness (QED) is 0.460. The molecule has 0 spiro atoms. The van der Waals surface area contributed by atoms with Crippen molar-refractivity contribution in [2.75, 3.05) is 0 Å². The Hall–Kier alpha value is -0.0400. The van der Waals surface area contributed by atoms with E-state index in [1.54, 1.807) is 0 Å². The first kappa shape index (κ1) is 13.6. The van der Waals surface area contributed by atoms with E-state index in [2.05, 4.69) is 41.9 Å². The van der Waals surface area contributed by atoms with E-state index in [4.69, 9.17) is 0 Å². The molecule has 0 unspecified atom stereocenters. The molecule has 20 heavy (non-hydrogen) atoms. The fraction of sp³-hybridized carbons (Fsp3) is 0.789. The van der Waals surface area contributed by atoms with Gasteiger partial charge in [-0.1, -0.05) is 53.9 Å². The summed E-state index contributed by atoms with van der Waals surface area (Å²) in [5.41, 5.74) is 2.84. The summed E-state index contributed by atoms with van der Waals surface area (Å²) in [6, 6.07) is 0. The minimum absolute atomic E-state index is 0.456. The Morgan fingerprint density at radius 2 is 1.85 bits per heavy atom. The van der Waals surface area contributed by atoms with Crippen LogP contribution in [-0.4, -0.2) is 0 Å². The van der Waals surface area contributed by atoms with Crippen LogP contribution in [0.4, 0.5) is 0 Å². The second-order valence-electron chi connectivity index (χ2n) is 8.21. The predicted octanol–water partition coefficient (Wildman–Crippen LogP) is 6.23. The number of halogens is 1. The lowest BCUT2D eigenvalue weighted by Crippen LogP contribution is -2.48. The molecule has 2 saturated carbocycles. The first-order chi connectivity index (χ1) is 9.56. The van der Waals surface area contributed by atoms with Gasteiger partial charge in [0.25, 0.3) is 0 Å². The van der Waals surface area contributed by atoms with Crippen molar-refractivity contribution in [2.24, 2.45) is 28.6 Å². The highest BCUT2D eigenvalue weighted by Crippen LogP contribution is 2.65. The molecule has 0 nitrogen and oxygen atoms in total. The summed E-state index contributed by atoms with van der Waals surface area (Å²) < 4.78 is 1.51. The molecular weight excluding hydrogens is 308 g/mol. The summed E-state index contributed by atoms with van der Waals surface area (Å²) in [5, 5.41) is 0. The van der Waals surface area contributed by atoms with E-state index in [9.17, 15) is 0 Å². The van der Waals surface area contributed by atoms with Crippen LogP contribution in [0.1, 0.15) is 65.2 Å². The van der Waals surface area contributed by atoms with Crippen LogP contribution < -0.4 is 0 Å². The smallest absolute Gasteiger partial charge is 0.00217 e. The third kappa shape index (κ3) is 1.65. The fourth-order valence-corrected chi connectivity index (χ4v) is 6.89. The normalized spacial score (nSPS) is 50.6. The molecule has 0 aromatic rings. The van der Waals surface area contributed by atoms with Crippen molar-refractivity contribution < 1.29 is 0 Å². The number of hydrogen-bond acceptors (Lipinski definition) is 0. The van der Waals surface area contributed by atoms with E-state index in [-0.39, 0.29) is 0 Å². The molecule has 0 saturated heterocycles. The van der Waals surface area contributed by atoms with E-state index in [1.807, 2.05) is 5.57 Å². The predicted molar refractivity (Wildman–Crippen MR) is 88.7 cm³/mol. The van der Waals surface area contributed by atoms with E-state index in [0.29, 0.717) is 10.8 Å². The maximum Gasteiger partial charge on any atom is 0.00217 e. The fourth-order valence-electron chi connectivity index (χ4n) is 6.21. The van der Waals surface area contributed by atoms with Crippen molar-refractivity contribution in [1.29, 1.82) is 0 Å². The van der Waals surface area contributed by atoms with Crippen molar-refractivity contribution in [1.82, 2.24) is 0 Å². The topological polar surface area (TPSA) is 0 Å². The molecule has 0 aromatic heterocycles.